The van der Waals surface area contributed by atoms with Crippen molar-refractivity contribution in [1.82, 2.24) is 25.1 Å². The molecular formula is C23H20ClF3N6O. The number of halogens is 4. The molecule has 1 aromatic carbocycles. The van der Waals surface area contributed by atoms with Gasteiger partial charge in [-0.25, -0.2) is 15.0 Å². The van der Waals surface area contributed by atoms with E-state index in [1.54, 1.807) is 24.5 Å². The highest BCUT2D eigenvalue weighted by molar-refractivity contribution is 6.32. The fourth-order valence-corrected chi connectivity index (χ4v) is 3.35. The van der Waals surface area contributed by atoms with Crippen LogP contribution in [0, 0.1) is 0 Å². The standard InChI is InChI=1S/C23H20ClF3N6O/c1-13(2)34-20-4-3-14(5-18(20)24)15-8-29-22(30-9-15)12-28-17-6-19(16-10-31-32-11-16)33-21(7-17)23(25,26)27/h3-11,13H,12H2,1-2H3,(H,28,33)(H,31,32). The quantitative estimate of drug-likeness (QED) is 0.331. The highest BCUT2D eigenvalue weighted by Crippen LogP contribution is 2.33. The van der Waals surface area contributed by atoms with Crippen LogP contribution >= 0.6 is 11.6 Å². The fourth-order valence-electron chi connectivity index (χ4n) is 3.12. The summed E-state index contributed by atoms with van der Waals surface area (Å²) in [7, 11) is 0. The van der Waals surface area contributed by atoms with Crippen LogP contribution in [0.3, 0.4) is 0 Å². The maximum absolute atomic E-state index is 13.3. The summed E-state index contributed by atoms with van der Waals surface area (Å²) in [5, 5.41) is 9.75. The summed E-state index contributed by atoms with van der Waals surface area (Å²) < 4.78 is 45.6. The summed E-state index contributed by atoms with van der Waals surface area (Å²) in [6.07, 6.45) is 1.54. The van der Waals surface area contributed by atoms with E-state index in [0.717, 1.165) is 17.2 Å². The molecule has 7 nitrogen and oxygen atoms in total. The number of nitrogens with one attached hydrogen (secondary N) is 2. The third-order valence-corrected chi connectivity index (χ3v) is 4.99. The Morgan fingerprint density at radius 3 is 2.41 bits per heavy atom. The molecule has 0 amide bonds. The van der Waals surface area contributed by atoms with Crippen molar-refractivity contribution in [3.63, 3.8) is 0 Å². The van der Waals surface area contributed by atoms with Crippen LogP contribution < -0.4 is 10.1 Å². The first-order valence-electron chi connectivity index (χ1n) is 10.3. The van der Waals surface area contributed by atoms with Gasteiger partial charge in [0.2, 0.25) is 0 Å². The van der Waals surface area contributed by atoms with E-state index >= 15 is 0 Å². The molecule has 0 unspecified atom stereocenters. The number of rotatable bonds is 7. The normalized spacial score (nSPS) is 11.6. The Balaban J connectivity index is 1.49. The Hall–Kier alpha value is -3.66. The molecule has 0 radical (unpaired) electrons. The highest BCUT2D eigenvalue weighted by atomic mass is 35.5. The van der Waals surface area contributed by atoms with E-state index in [1.165, 1.54) is 18.5 Å². The van der Waals surface area contributed by atoms with Crippen LogP contribution in [0.1, 0.15) is 25.4 Å². The second kappa shape index (κ2) is 9.68. The molecule has 3 aromatic heterocycles. The Kier molecular flexibility index (Phi) is 6.69. The van der Waals surface area contributed by atoms with Crippen molar-refractivity contribution in [2.24, 2.45) is 0 Å². The Morgan fingerprint density at radius 1 is 1.03 bits per heavy atom. The minimum absolute atomic E-state index is 0.00170. The molecule has 4 rings (SSSR count). The van der Waals surface area contributed by atoms with Crippen LogP contribution in [0.15, 0.2) is 55.1 Å². The van der Waals surface area contributed by atoms with Crippen molar-refractivity contribution in [3.8, 4) is 28.1 Å². The smallest absolute Gasteiger partial charge is 0.433 e. The van der Waals surface area contributed by atoms with Gasteiger partial charge in [0.15, 0.2) is 0 Å². The number of hydrogen-bond acceptors (Lipinski definition) is 6. The molecule has 0 aliphatic heterocycles. The van der Waals surface area contributed by atoms with Gasteiger partial charge >= 0.3 is 6.18 Å². The van der Waals surface area contributed by atoms with Gasteiger partial charge < -0.3 is 10.1 Å². The summed E-state index contributed by atoms with van der Waals surface area (Å²) in [6.45, 7) is 3.95. The molecular weight excluding hydrogens is 469 g/mol. The van der Waals surface area contributed by atoms with Gasteiger partial charge in [-0.15, -0.1) is 0 Å². The van der Waals surface area contributed by atoms with Gasteiger partial charge in [0.25, 0.3) is 0 Å². The van der Waals surface area contributed by atoms with E-state index in [9.17, 15) is 13.2 Å². The lowest BCUT2D eigenvalue weighted by Crippen LogP contribution is -2.11. The third kappa shape index (κ3) is 5.63. The lowest BCUT2D eigenvalue weighted by Gasteiger charge is -2.13. The lowest BCUT2D eigenvalue weighted by molar-refractivity contribution is -0.141. The largest absolute Gasteiger partial charge is 0.489 e. The van der Waals surface area contributed by atoms with E-state index in [0.29, 0.717) is 22.2 Å². The van der Waals surface area contributed by atoms with E-state index in [1.807, 2.05) is 19.9 Å². The SMILES string of the molecule is CC(C)Oc1ccc(-c2cnc(CNc3cc(-c4cn[nH]c4)nc(C(F)(F)F)c3)nc2)cc1Cl. The molecule has 0 aliphatic carbocycles. The molecule has 0 atom stereocenters. The molecule has 34 heavy (non-hydrogen) atoms. The van der Waals surface area contributed by atoms with Gasteiger partial charge in [-0.2, -0.15) is 18.3 Å². The van der Waals surface area contributed by atoms with E-state index in [4.69, 9.17) is 16.3 Å². The number of pyridine rings is 1. The molecule has 0 bridgehead atoms. The van der Waals surface area contributed by atoms with Crippen molar-refractivity contribution in [2.45, 2.75) is 32.7 Å². The predicted molar refractivity (Wildman–Crippen MR) is 122 cm³/mol. The van der Waals surface area contributed by atoms with Crippen molar-refractivity contribution >= 4 is 17.3 Å². The number of nitrogens with zero attached hydrogens (tertiary/aromatic N) is 4. The molecule has 0 aliphatic rings. The van der Waals surface area contributed by atoms with Crippen LogP contribution in [-0.2, 0) is 12.7 Å². The lowest BCUT2D eigenvalue weighted by atomic mass is 10.1. The van der Waals surface area contributed by atoms with Crippen molar-refractivity contribution in [1.29, 1.82) is 0 Å². The maximum atomic E-state index is 13.3. The van der Waals surface area contributed by atoms with E-state index in [-0.39, 0.29) is 24.0 Å². The molecule has 0 spiro atoms. The Morgan fingerprint density at radius 2 is 1.79 bits per heavy atom. The highest BCUT2D eigenvalue weighted by Gasteiger charge is 2.33. The minimum Gasteiger partial charge on any atom is -0.489 e. The monoisotopic (exact) mass is 488 g/mol. The van der Waals surface area contributed by atoms with Gasteiger partial charge in [-0.3, -0.25) is 5.10 Å². The van der Waals surface area contributed by atoms with Crippen molar-refractivity contribution in [3.05, 3.63) is 71.7 Å². The zero-order chi connectivity index (χ0) is 24.3. The van der Waals surface area contributed by atoms with Gasteiger partial charge in [0.05, 0.1) is 29.6 Å². The maximum Gasteiger partial charge on any atom is 0.433 e. The topological polar surface area (TPSA) is 88.6 Å². The Bertz CT molecular complexity index is 1260. The van der Waals surface area contributed by atoms with Crippen LogP contribution in [0.5, 0.6) is 5.75 Å². The molecule has 0 saturated heterocycles. The number of aromatic amines is 1. The number of anilines is 1. The van der Waals surface area contributed by atoms with Gasteiger partial charge in [0, 0.05) is 35.4 Å². The summed E-state index contributed by atoms with van der Waals surface area (Å²) in [4.78, 5) is 12.3. The second-order valence-corrected chi connectivity index (χ2v) is 8.07. The number of H-pyrrole nitrogens is 1. The van der Waals surface area contributed by atoms with Gasteiger partial charge in [-0.05, 0) is 43.7 Å². The summed E-state index contributed by atoms with van der Waals surface area (Å²) in [6, 6.07) is 7.86. The average molecular weight is 489 g/mol. The first-order valence-corrected chi connectivity index (χ1v) is 10.7. The number of hydrogen-bond donors (Lipinski definition) is 2. The second-order valence-electron chi connectivity index (χ2n) is 7.66. The van der Waals surface area contributed by atoms with Gasteiger partial charge in [-0.1, -0.05) is 17.7 Å². The minimum atomic E-state index is -4.59. The zero-order valence-corrected chi connectivity index (χ0v) is 18.9. The summed E-state index contributed by atoms with van der Waals surface area (Å²) >= 11 is 6.30. The fraction of sp³-hybridized carbons (Fsp3) is 0.217. The number of benzene rings is 1. The summed E-state index contributed by atoms with van der Waals surface area (Å²) in [5.74, 6) is 0.998. The average Bonchev–Trinajstić information content (AvgIpc) is 3.33. The molecule has 2 N–H and O–H groups in total. The van der Waals surface area contributed by atoms with E-state index in [2.05, 4.69) is 30.5 Å². The third-order valence-electron chi connectivity index (χ3n) is 4.69. The molecule has 3 heterocycles. The molecule has 11 heteroatoms. The summed E-state index contributed by atoms with van der Waals surface area (Å²) in [5.41, 5.74) is 1.37. The van der Waals surface area contributed by atoms with Crippen molar-refractivity contribution < 1.29 is 17.9 Å². The molecule has 176 valence electrons. The zero-order valence-electron chi connectivity index (χ0n) is 18.2. The van der Waals surface area contributed by atoms with E-state index < -0.39 is 11.9 Å². The van der Waals surface area contributed by atoms with Crippen LogP contribution in [0.25, 0.3) is 22.4 Å². The van der Waals surface area contributed by atoms with Crippen molar-refractivity contribution in [2.75, 3.05) is 5.32 Å². The first kappa shape index (κ1) is 23.5. The van der Waals surface area contributed by atoms with Crippen LogP contribution in [0.2, 0.25) is 5.02 Å². The molecule has 0 saturated carbocycles. The van der Waals surface area contributed by atoms with Gasteiger partial charge in [0.1, 0.15) is 17.3 Å². The number of alkyl halides is 3. The predicted octanol–water partition coefficient (Wildman–Crippen LogP) is 6.00. The number of ether oxygens (including phenoxy) is 1. The Labute approximate surface area is 198 Å². The van der Waals surface area contributed by atoms with Crippen LogP contribution in [-0.4, -0.2) is 31.3 Å². The van der Waals surface area contributed by atoms with Crippen LogP contribution in [0.4, 0.5) is 18.9 Å². The molecule has 0 fully saturated rings. The number of aromatic nitrogens is 5. The first-order chi connectivity index (χ1) is 16.2. The molecule has 4 aromatic rings.